The zero-order chi connectivity index (χ0) is 11.4. The molecule has 1 heterocycles. The van der Waals surface area contributed by atoms with Crippen LogP contribution in [-0.4, -0.2) is 20.3 Å². The fourth-order valence-corrected chi connectivity index (χ4v) is 2.33. The summed E-state index contributed by atoms with van der Waals surface area (Å²) in [6.45, 7) is 1.83. The van der Waals surface area contributed by atoms with Gasteiger partial charge in [0.25, 0.3) is 0 Å². The predicted molar refractivity (Wildman–Crippen MR) is 61.7 cm³/mol. The van der Waals surface area contributed by atoms with Crippen LogP contribution in [0.4, 0.5) is 4.39 Å². The molecule has 1 aliphatic rings. The Hall–Kier alpha value is -0.930. The topological polar surface area (TPSA) is 21.3 Å². The molecule has 3 heteroatoms. The highest BCUT2D eigenvalue weighted by Gasteiger charge is 2.22. The van der Waals surface area contributed by atoms with Crippen molar-refractivity contribution in [2.24, 2.45) is 5.92 Å². The summed E-state index contributed by atoms with van der Waals surface area (Å²) in [6.07, 6.45) is 2.23. The van der Waals surface area contributed by atoms with E-state index in [4.69, 9.17) is 4.74 Å². The van der Waals surface area contributed by atoms with Gasteiger partial charge in [-0.3, -0.25) is 0 Å². The molecule has 0 spiro atoms. The summed E-state index contributed by atoms with van der Waals surface area (Å²) >= 11 is 0. The van der Waals surface area contributed by atoms with E-state index >= 15 is 0 Å². The van der Waals surface area contributed by atoms with Crippen molar-refractivity contribution in [3.05, 3.63) is 35.6 Å². The molecule has 1 aromatic rings. The molecule has 1 N–H and O–H groups in total. The lowest BCUT2D eigenvalue weighted by molar-refractivity contribution is 0.124. The molecule has 1 aliphatic heterocycles. The van der Waals surface area contributed by atoms with Gasteiger partial charge in [0.2, 0.25) is 0 Å². The van der Waals surface area contributed by atoms with Crippen molar-refractivity contribution < 1.29 is 9.13 Å². The van der Waals surface area contributed by atoms with Crippen LogP contribution < -0.4 is 5.32 Å². The number of ether oxygens (including phenoxy) is 1. The Morgan fingerprint density at radius 1 is 1.38 bits per heavy atom. The highest BCUT2D eigenvalue weighted by atomic mass is 19.1. The minimum absolute atomic E-state index is 0.173. The molecule has 0 aliphatic carbocycles. The molecule has 1 fully saturated rings. The van der Waals surface area contributed by atoms with Crippen LogP contribution in [0.2, 0.25) is 0 Å². The van der Waals surface area contributed by atoms with E-state index in [0.29, 0.717) is 12.0 Å². The number of methoxy groups -OCH3 is 1. The van der Waals surface area contributed by atoms with Gasteiger partial charge in [-0.25, -0.2) is 4.39 Å². The number of halogens is 1. The average Bonchev–Trinajstić information content (AvgIpc) is 2.31. The number of hydrogen-bond donors (Lipinski definition) is 1. The molecule has 1 aromatic carbocycles. The third-order valence-corrected chi connectivity index (χ3v) is 3.19. The maximum atomic E-state index is 12.8. The molecule has 0 amide bonds. The first-order valence-corrected chi connectivity index (χ1v) is 5.77. The van der Waals surface area contributed by atoms with E-state index in [1.54, 1.807) is 7.11 Å². The molecule has 2 rings (SSSR count). The zero-order valence-corrected chi connectivity index (χ0v) is 9.58. The van der Waals surface area contributed by atoms with Gasteiger partial charge >= 0.3 is 0 Å². The second-order valence-corrected chi connectivity index (χ2v) is 4.40. The van der Waals surface area contributed by atoms with Crippen LogP contribution in [0.5, 0.6) is 0 Å². The van der Waals surface area contributed by atoms with E-state index in [9.17, 15) is 4.39 Å². The Bertz CT molecular complexity index is 323. The third kappa shape index (κ3) is 2.80. The molecule has 0 aromatic heterocycles. The van der Waals surface area contributed by atoms with Crippen LogP contribution in [0.3, 0.4) is 0 Å². The Balaban J connectivity index is 2.01. The van der Waals surface area contributed by atoms with Crippen LogP contribution in [0.15, 0.2) is 24.3 Å². The van der Waals surface area contributed by atoms with E-state index in [0.717, 1.165) is 26.0 Å². The fourth-order valence-electron chi connectivity index (χ4n) is 2.33. The summed E-state index contributed by atoms with van der Waals surface area (Å²) in [4.78, 5) is 0. The van der Waals surface area contributed by atoms with Gasteiger partial charge in [0.15, 0.2) is 0 Å². The van der Waals surface area contributed by atoms with Gasteiger partial charge in [-0.2, -0.15) is 0 Å². The highest BCUT2D eigenvalue weighted by molar-refractivity contribution is 5.20. The monoisotopic (exact) mass is 223 g/mol. The quantitative estimate of drug-likeness (QED) is 0.850. The summed E-state index contributed by atoms with van der Waals surface area (Å²) in [5.41, 5.74) is 1.17. The van der Waals surface area contributed by atoms with Crippen LogP contribution in [0.1, 0.15) is 24.4 Å². The first-order valence-electron chi connectivity index (χ1n) is 5.77. The van der Waals surface area contributed by atoms with E-state index in [1.807, 2.05) is 12.1 Å². The molecular weight excluding hydrogens is 205 g/mol. The number of piperidine rings is 1. The summed E-state index contributed by atoms with van der Waals surface area (Å²) in [5.74, 6) is 0.439. The van der Waals surface area contributed by atoms with E-state index in [-0.39, 0.29) is 5.82 Å². The Morgan fingerprint density at radius 3 is 2.81 bits per heavy atom. The molecule has 16 heavy (non-hydrogen) atoms. The summed E-state index contributed by atoms with van der Waals surface area (Å²) in [6, 6.07) is 7.12. The Labute approximate surface area is 95.8 Å². The lowest BCUT2D eigenvalue weighted by atomic mass is 9.89. The molecule has 0 bridgehead atoms. The van der Waals surface area contributed by atoms with Gasteiger partial charge in [-0.15, -0.1) is 0 Å². The SMILES string of the molecule is COCC1CCNC(c2ccc(F)cc2)C1. The van der Waals surface area contributed by atoms with E-state index in [2.05, 4.69) is 5.32 Å². The van der Waals surface area contributed by atoms with Crippen molar-refractivity contribution in [2.75, 3.05) is 20.3 Å². The first kappa shape index (κ1) is 11.6. The van der Waals surface area contributed by atoms with Crippen molar-refractivity contribution in [1.29, 1.82) is 0 Å². The molecule has 0 radical (unpaired) electrons. The van der Waals surface area contributed by atoms with Crippen molar-refractivity contribution in [3.63, 3.8) is 0 Å². The van der Waals surface area contributed by atoms with Crippen molar-refractivity contribution in [3.8, 4) is 0 Å². The largest absolute Gasteiger partial charge is 0.384 e. The molecule has 88 valence electrons. The van der Waals surface area contributed by atoms with Gasteiger partial charge in [-0.1, -0.05) is 12.1 Å². The number of rotatable bonds is 3. The molecule has 0 saturated carbocycles. The zero-order valence-electron chi connectivity index (χ0n) is 9.58. The molecule has 1 saturated heterocycles. The Morgan fingerprint density at radius 2 is 2.12 bits per heavy atom. The minimum atomic E-state index is -0.173. The smallest absolute Gasteiger partial charge is 0.123 e. The van der Waals surface area contributed by atoms with E-state index < -0.39 is 0 Å². The van der Waals surface area contributed by atoms with Crippen LogP contribution in [0, 0.1) is 11.7 Å². The highest BCUT2D eigenvalue weighted by Crippen LogP contribution is 2.27. The lowest BCUT2D eigenvalue weighted by Crippen LogP contribution is -2.33. The van der Waals surface area contributed by atoms with Crippen molar-refractivity contribution >= 4 is 0 Å². The van der Waals surface area contributed by atoms with E-state index in [1.165, 1.54) is 17.7 Å². The molecule has 2 unspecified atom stereocenters. The Kier molecular flexibility index (Phi) is 3.91. The maximum absolute atomic E-state index is 12.8. The molecular formula is C13H18FNO. The molecule has 2 nitrogen and oxygen atoms in total. The van der Waals surface area contributed by atoms with Gasteiger partial charge in [0.05, 0.1) is 0 Å². The summed E-state index contributed by atoms with van der Waals surface area (Å²) in [5, 5.41) is 3.47. The van der Waals surface area contributed by atoms with Crippen LogP contribution in [-0.2, 0) is 4.74 Å². The van der Waals surface area contributed by atoms with Gasteiger partial charge in [0, 0.05) is 19.8 Å². The second kappa shape index (κ2) is 5.41. The van der Waals surface area contributed by atoms with Gasteiger partial charge < -0.3 is 10.1 Å². The number of hydrogen-bond acceptors (Lipinski definition) is 2. The van der Waals surface area contributed by atoms with Crippen LogP contribution in [0.25, 0.3) is 0 Å². The number of benzene rings is 1. The van der Waals surface area contributed by atoms with Crippen molar-refractivity contribution in [2.45, 2.75) is 18.9 Å². The standard InChI is InChI=1S/C13H18FNO/c1-16-9-10-6-7-15-13(8-10)11-2-4-12(14)5-3-11/h2-5,10,13,15H,6-9H2,1H3. The van der Waals surface area contributed by atoms with Gasteiger partial charge in [0.1, 0.15) is 5.82 Å². The van der Waals surface area contributed by atoms with Crippen LogP contribution >= 0.6 is 0 Å². The fraction of sp³-hybridized carbons (Fsp3) is 0.538. The summed E-state index contributed by atoms with van der Waals surface area (Å²) in [7, 11) is 1.74. The third-order valence-electron chi connectivity index (χ3n) is 3.19. The lowest BCUT2D eigenvalue weighted by Gasteiger charge is -2.30. The van der Waals surface area contributed by atoms with Crippen molar-refractivity contribution in [1.82, 2.24) is 5.32 Å². The predicted octanol–water partition coefficient (Wildman–Crippen LogP) is 2.51. The second-order valence-electron chi connectivity index (χ2n) is 4.40. The normalized spacial score (nSPS) is 25.6. The number of nitrogens with one attached hydrogen (secondary N) is 1. The average molecular weight is 223 g/mol. The summed E-state index contributed by atoms with van der Waals surface area (Å²) < 4.78 is 18.0. The first-order chi connectivity index (χ1) is 7.79. The maximum Gasteiger partial charge on any atom is 0.123 e. The minimum Gasteiger partial charge on any atom is -0.384 e. The molecule has 2 atom stereocenters. The van der Waals surface area contributed by atoms with Gasteiger partial charge in [-0.05, 0) is 43.0 Å².